The Labute approximate surface area is 217 Å². The molecule has 0 aromatic heterocycles. The van der Waals surface area contributed by atoms with Crippen molar-refractivity contribution < 1.29 is 19.1 Å². The Bertz CT molecular complexity index is 1270. The number of carbonyl (C=O) groups excluding carboxylic acids is 2. The summed E-state index contributed by atoms with van der Waals surface area (Å²) >= 11 is 9.50. The average molecular weight is 556 g/mol. The smallest absolute Gasteiger partial charge is 0.329 e. The molecular weight excluding hydrogens is 532 g/mol. The van der Waals surface area contributed by atoms with Crippen LogP contribution >= 0.6 is 27.5 Å². The monoisotopic (exact) mass is 554 g/mol. The maximum absolute atomic E-state index is 13.0. The van der Waals surface area contributed by atoms with Crippen LogP contribution in [0.2, 0.25) is 5.02 Å². The SMILES string of the molecule is CCOc1cc(/C=C2/NC(=O)N(Cc3ccc(C)cc3)C2=O)c(Br)cc1OCc1ccc(Cl)cc1. The summed E-state index contributed by atoms with van der Waals surface area (Å²) in [6, 6.07) is 18.2. The number of urea groups is 1. The van der Waals surface area contributed by atoms with E-state index in [2.05, 4.69) is 21.2 Å². The van der Waals surface area contributed by atoms with E-state index in [4.69, 9.17) is 21.1 Å². The molecule has 1 saturated heterocycles. The molecule has 1 aliphatic rings. The van der Waals surface area contributed by atoms with Crippen LogP contribution in [0.5, 0.6) is 11.5 Å². The fourth-order valence-corrected chi connectivity index (χ4v) is 4.09. The number of hydrogen-bond acceptors (Lipinski definition) is 4. The van der Waals surface area contributed by atoms with E-state index in [1.54, 1.807) is 18.2 Å². The minimum atomic E-state index is -0.453. The van der Waals surface area contributed by atoms with Crippen LogP contribution in [0.15, 0.2) is 70.8 Å². The van der Waals surface area contributed by atoms with E-state index in [1.165, 1.54) is 4.90 Å². The maximum atomic E-state index is 13.0. The molecule has 3 amide bonds. The van der Waals surface area contributed by atoms with Gasteiger partial charge in [0.25, 0.3) is 5.91 Å². The molecule has 0 spiro atoms. The zero-order chi connectivity index (χ0) is 24.9. The highest BCUT2D eigenvalue weighted by Gasteiger charge is 2.33. The van der Waals surface area contributed by atoms with Crippen molar-refractivity contribution in [2.24, 2.45) is 0 Å². The lowest BCUT2D eigenvalue weighted by Crippen LogP contribution is -2.30. The van der Waals surface area contributed by atoms with Crippen molar-refractivity contribution in [3.05, 3.63) is 98.1 Å². The first-order chi connectivity index (χ1) is 16.8. The van der Waals surface area contributed by atoms with Crippen molar-refractivity contribution in [1.29, 1.82) is 0 Å². The van der Waals surface area contributed by atoms with Crippen LogP contribution in [0.3, 0.4) is 0 Å². The molecule has 0 radical (unpaired) electrons. The third-order valence-corrected chi connectivity index (χ3v) is 6.33. The number of halogens is 2. The molecule has 0 bridgehead atoms. The Morgan fingerprint density at radius 1 is 0.971 bits per heavy atom. The summed E-state index contributed by atoms with van der Waals surface area (Å²) in [5, 5.41) is 3.34. The first-order valence-corrected chi connectivity index (χ1v) is 12.2. The number of rotatable bonds is 8. The molecule has 35 heavy (non-hydrogen) atoms. The normalized spacial score (nSPS) is 14.4. The molecule has 0 unspecified atom stereocenters. The first-order valence-electron chi connectivity index (χ1n) is 11.1. The van der Waals surface area contributed by atoms with Gasteiger partial charge in [-0.05, 0) is 60.9 Å². The van der Waals surface area contributed by atoms with Gasteiger partial charge in [-0.2, -0.15) is 0 Å². The third-order valence-electron chi connectivity index (χ3n) is 5.39. The van der Waals surface area contributed by atoms with E-state index in [0.29, 0.717) is 39.8 Å². The lowest BCUT2D eigenvalue weighted by atomic mass is 10.1. The Kier molecular flexibility index (Phi) is 7.78. The molecule has 0 saturated carbocycles. The molecule has 6 nitrogen and oxygen atoms in total. The van der Waals surface area contributed by atoms with E-state index in [-0.39, 0.29) is 18.1 Å². The van der Waals surface area contributed by atoms with Gasteiger partial charge in [-0.3, -0.25) is 9.69 Å². The van der Waals surface area contributed by atoms with Crippen molar-refractivity contribution in [2.45, 2.75) is 27.0 Å². The van der Waals surface area contributed by atoms with Gasteiger partial charge in [-0.1, -0.05) is 69.5 Å². The number of imide groups is 1. The number of ether oxygens (including phenoxy) is 2. The van der Waals surface area contributed by atoms with Gasteiger partial charge in [0.1, 0.15) is 12.3 Å². The molecule has 3 aromatic carbocycles. The molecule has 4 rings (SSSR count). The van der Waals surface area contributed by atoms with Crippen molar-refractivity contribution in [1.82, 2.24) is 10.2 Å². The first kappa shape index (κ1) is 24.8. The second-order valence-electron chi connectivity index (χ2n) is 8.03. The zero-order valence-corrected chi connectivity index (χ0v) is 21.7. The minimum absolute atomic E-state index is 0.195. The quantitative estimate of drug-likeness (QED) is 0.255. The number of carbonyl (C=O) groups is 2. The summed E-state index contributed by atoms with van der Waals surface area (Å²) in [5.74, 6) is 0.701. The number of nitrogens with one attached hydrogen (secondary N) is 1. The molecule has 0 aliphatic carbocycles. The second kappa shape index (κ2) is 11.0. The molecule has 1 N–H and O–H groups in total. The molecule has 1 heterocycles. The van der Waals surface area contributed by atoms with Crippen LogP contribution < -0.4 is 14.8 Å². The fourth-order valence-electron chi connectivity index (χ4n) is 3.53. The lowest BCUT2D eigenvalue weighted by Gasteiger charge is -2.14. The van der Waals surface area contributed by atoms with Gasteiger partial charge >= 0.3 is 6.03 Å². The minimum Gasteiger partial charge on any atom is -0.490 e. The zero-order valence-electron chi connectivity index (χ0n) is 19.3. The summed E-state index contributed by atoms with van der Waals surface area (Å²) in [7, 11) is 0. The van der Waals surface area contributed by atoms with E-state index >= 15 is 0 Å². The van der Waals surface area contributed by atoms with E-state index in [0.717, 1.165) is 16.7 Å². The van der Waals surface area contributed by atoms with Gasteiger partial charge in [0.2, 0.25) is 0 Å². The second-order valence-corrected chi connectivity index (χ2v) is 9.32. The van der Waals surface area contributed by atoms with Crippen LogP contribution in [0.1, 0.15) is 29.2 Å². The van der Waals surface area contributed by atoms with Crippen molar-refractivity contribution >= 4 is 45.5 Å². The van der Waals surface area contributed by atoms with Crippen LogP contribution in [0, 0.1) is 6.92 Å². The van der Waals surface area contributed by atoms with Gasteiger partial charge in [-0.15, -0.1) is 0 Å². The van der Waals surface area contributed by atoms with Gasteiger partial charge < -0.3 is 14.8 Å². The van der Waals surface area contributed by atoms with Crippen LogP contribution in [-0.2, 0) is 17.9 Å². The number of nitrogens with zero attached hydrogens (tertiary/aromatic N) is 1. The molecule has 0 atom stereocenters. The predicted octanol–water partition coefficient (Wildman–Crippen LogP) is 6.48. The van der Waals surface area contributed by atoms with Crippen molar-refractivity contribution in [2.75, 3.05) is 6.61 Å². The lowest BCUT2D eigenvalue weighted by molar-refractivity contribution is -0.123. The highest BCUT2D eigenvalue weighted by molar-refractivity contribution is 9.10. The fraction of sp³-hybridized carbons (Fsp3) is 0.185. The molecular formula is C27H24BrClN2O4. The van der Waals surface area contributed by atoms with Crippen LogP contribution in [0.25, 0.3) is 6.08 Å². The highest BCUT2D eigenvalue weighted by atomic mass is 79.9. The topological polar surface area (TPSA) is 67.9 Å². The molecule has 8 heteroatoms. The van der Waals surface area contributed by atoms with Crippen molar-refractivity contribution in [3.63, 3.8) is 0 Å². The Hall–Kier alpha value is -3.29. The summed E-state index contributed by atoms with van der Waals surface area (Å²) in [4.78, 5) is 26.6. The highest BCUT2D eigenvalue weighted by Crippen LogP contribution is 2.36. The molecule has 3 aromatic rings. The number of aryl methyl sites for hydroxylation is 1. The summed E-state index contributed by atoms with van der Waals surface area (Å²) in [6.45, 7) is 4.85. The third kappa shape index (κ3) is 6.05. The van der Waals surface area contributed by atoms with Crippen LogP contribution in [-0.4, -0.2) is 23.4 Å². The van der Waals surface area contributed by atoms with Crippen LogP contribution in [0.4, 0.5) is 4.79 Å². The molecule has 180 valence electrons. The van der Waals surface area contributed by atoms with E-state index < -0.39 is 6.03 Å². The Morgan fingerprint density at radius 3 is 2.31 bits per heavy atom. The van der Waals surface area contributed by atoms with E-state index in [1.807, 2.05) is 62.4 Å². The maximum Gasteiger partial charge on any atom is 0.329 e. The summed E-state index contributed by atoms with van der Waals surface area (Å²) < 4.78 is 12.5. The molecule has 1 fully saturated rings. The van der Waals surface area contributed by atoms with Gasteiger partial charge in [0, 0.05) is 9.50 Å². The average Bonchev–Trinajstić information content (AvgIpc) is 3.10. The Morgan fingerprint density at radius 2 is 1.63 bits per heavy atom. The van der Waals surface area contributed by atoms with Gasteiger partial charge in [-0.25, -0.2) is 4.79 Å². The Balaban J connectivity index is 1.54. The predicted molar refractivity (Wildman–Crippen MR) is 139 cm³/mol. The molecule has 1 aliphatic heterocycles. The van der Waals surface area contributed by atoms with Crippen molar-refractivity contribution in [3.8, 4) is 11.5 Å². The number of amides is 3. The number of hydrogen-bond donors (Lipinski definition) is 1. The standard InChI is InChI=1S/C27H24BrClN2O4/c1-3-34-24-13-20(22(28)14-25(24)35-16-19-8-10-21(29)11-9-19)12-23-26(32)31(27(33)30-23)15-18-6-4-17(2)5-7-18/h4-14H,3,15-16H2,1-2H3,(H,30,33)/b23-12+. The largest absolute Gasteiger partial charge is 0.490 e. The van der Waals surface area contributed by atoms with Gasteiger partial charge in [0.05, 0.1) is 13.2 Å². The van der Waals surface area contributed by atoms with Gasteiger partial charge in [0.15, 0.2) is 11.5 Å². The number of benzene rings is 3. The summed E-state index contributed by atoms with van der Waals surface area (Å²) in [5.41, 5.74) is 3.82. The van der Waals surface area contributed by atoms with E-state index in [9.17, 15) is 9.59 Å². The summed E-state index contributed by atoms with van der Waals surface area (Å²) in [6.07, 6.45) is 1.63.